The molecule has 0 N–H and O–H groups in total. The molecule has 5 nitrogen and oxygen atoms in total. The van der Waals surface area contributed by atoms with Gasteiger partial charge in [-0.1, -0.05) is 0 Å². The zero-order valence-corrected chi connectivity index (χ0v) is 13.3. The van der Waals surface area contributed by atoms with Crippen LogP contribution in [-0.2, 0) is 17.6 Å². The molecule has 1 aliphatic heterocycles. The largest absolute Gasteiger partial charge is 0.350 e. The number of fused-ring (bicyclic) bond motifs is 1. The zero-order chi connectivity index (χ0) is 15.1. The summed E-state index contributed by atoms with van der Waals surface area (Å²) in [4.78, 5) is 26.1. The van der Waals surface area contributed by atoms with E-state index < -0.39 is 0 Å². The Bertz CT molecular complexity index is 591. The van der Waals surface area contributed by atoms with Gasteiger partial charge in [0.15, 0.2) is 0 Å². The molecule has 0 radical (unpaired) electrons. The van der Waals surface area contributed by atoms with Crippen molar-refractivity contribution in [3.8, 4) is 0 Å². The smallest absolute Gasteiger partial charge is 0.242 e. The van der Waals surface area contributed by atoms with E-state index in [2.05, 4.69) is 4.90 Å². The van der Waals surface area contributed by atoms with Gasteiger partial charge in [-0.3, -0.25) is 4.79 Å². The van der Waals surface area contributed by atoms with Crippen molar-refractivity contribution in [3.63, 3.8) is 0 Å². The number of carbonyl (C=O) groups excluding carboxylic acids is 1. The van der Waals surface area contributed by atoms with E-state index in [0.29, 0.717) is 12.5 Å². The molecule has 2 aliphatic carbocycles. The molecular formula is C17H24N4O. The van der Waals surface area contributed by atoms with Gasteiger partial charge < -0.3 is 9.80 Å². The Morgan fingerprint density at radius 2 is 1.95 bits per heavy atom. The first-order valence-electron chi connectivity index (χ1n) is 8.61. The van der Waals surface area contributed by atoms with Crippen LogP contribution in [0.2, 0.25) is 0 Å². The average molecular weight is 300 g/mol. The molecule has 1 saturated heterocycles. The van der Waals surface area contributed by atoms with Crippen LogP contribution in [0, 0.1) is 0 Å². The van der Waals surface area contributed by atoms with Gasteiger partial charge in [0.2, 0.25) is 5.91 Å². The Morgan fingerprint density at radius 3 is 2.68 bits per heavy atom. The van der Waals surface area contributed by atoms with Gasteiger partial charge in [-0.15, -0.1) is 0 Å². The van der Waals surface area contributed by atoms with E-state index in [1.54, 1.807) is 0 Å². The molecular weight excluding hydrogens is 276 g/mol. The third-order valence-electron chi connectivity index (χ3n) is 5.06. The van der Waals surface area contributed by atoms with Crippen molar-refractivity contribution < 1.29 is 4.79 Å². The van der Waals surface area contributed by atoms with Crippen LogP contribution in [0.3, 0.4) is 0 Å². The van der Waals surface area contributed by atoms with E-state index in [1.807, 2.05) is 11.9 Å². The molecule has 2 fully saturated rings. The number of likely N-dealkylation sites (tertiary alicyclic amines) is 1. The molecule has 4 rings (SSSR count). The van der Waals surface area contributed by atoms with Crippen LogP contribution in [-0.4, -0.2) is 47.5 Å². The maximum atomic E-state index is 12.4. The molecule has 1 aromatic heterocycles. The number of hydrogen-bond donors (Lipinski definition) is 0. The summed E-state index contributed by atoms with van der Waals surface area (Å²) < 4.78 is 0. The quantitative estimate of drug-likeness (QED) is 0.852. The van der Waals surface area contributed by atoms with Crippen molar-refractivity contribution in [3.05, 3.63) is 17.1 Å². The van der Waals surface area contributed by atoms with Gasteiger partial charge in [0.05, 0.1) is 6.54 Å². The Balaban J connectivity index is 1.56. The van der Waals surface area contributed by atoms with E-state index >= 15 is 0 Å². The highest BCUT2D eigenvalue weighted by Crippen LogP contribution is 2.40. The van der Waals surface area contributed by atoms with Gasteiger partial charge >= 0.3 is 0 Å². The third-order valence-corrected chi connectivity index (χ3v) is 5.06. The Morgan fingerprint density at radius 1 is 1.18 bits per heavy atom. The summed E-state index contributed by atoms with van der Waals surface area (Å²) in [5, 5.41) is 0. The molecule has 1 saturated carbocycles. The number of amides is 1. The summed E-state index contributed by atoms with van der Waals surface area (Å²) in [6.45, 7) is 2.28. The summed E-state index contributed by atoms with van der Waals surface area (Å²) in [5.41, 5.74) is 2.51. The maximum Gasteiger partial charge on any atom is 0.242 e. The molecule has 3 aliphatic rings. The molecule has 5 heteroatoms. The average Bonchev–Trinajstić information content (AvgIpc) is 3.03. The van der Waals surface area contributed by atoms with Gasteiger partial charge in [0, 0.05) is 37.3 Å². The second-order valence-corrected chi connectivity index (χ2v) is 6.90. The van der Waals surface area contributed by atoms with Crippen molar-refractivity contribution in [2.75, 3.05) is 31.6 Å². The number of aryl methyl sites for hydroxylation is 1. The highest BCUT2D eigenvalue weighted by atomic mass is 16.2. The SMILES string of the molecule is CN(CC(=O)N1CCCC1)c1nc(C2CC2)nc2c1CCC2. The molecule has 0 atom stereocenters. The van der Waals surface area contributed by atoms with E-state index in [9.17, 15) is 4.79 Å². The van der Waals surface area contributed by atoms with Crippen LogP contribution < -0.4 is 4.90 Å². The van der Waals surface area contributed by atoms with Gasteiger partial charge in [-0.25, -0.2) is 9.97 Å². The number of anilines is 1. The van der Waals surface area contributed by atoms with E-state index in [-0.39, 0.29) is 5.91 Å². The standard InChI is InChI=1S/C17H24N4O/c1-20(11-15(22)21-9-2-3-10-21)17-13-5-4-6-14(13)18-16(19-17)12-7-8-12/h12H,2-11H2,1H3. The minimum Gasteiger partial charge on any atom is -0.350 e. The molecule has 0 aromatic carbocycles. The van der Waals surface area contributed by atoms with Crippen molar-refractivity contribution in [1.29, 1.82) is 0 Å². The first kappa shape index (κ1) is 14.0. The van der Waals surface area contributed by atoms with Gasteiger partial charge in [-0.05, 0) is 44.9 Å². The minimum atomic E-state index is 0.235. The fraction of sp³-hybridized carbons (Fsp3) is 0.706. The Labute approximate surface area is 131 Å². The predicted molar refractivity (Wildman–Crippen MR) is 85.1 cm³/mol. The highest BCUT2D eigenvalue weighted by molar-refractivity contribution is 5.81. The lowest BCUT2D eigenvalue weighted by atomic mass is 10.2. The number of likely N-dealkylation sites (N-methyl/N-ethyl adjacent to an activating group) is 1. The Kier molecular flexibility index (Phi) is 3.51. The van der Waals surface area contributed by atoms with E-state index in [4.69, 9.17) is 9.97 Å². The molecule has 0 spiro atoms. The van der Waals surface area contributed by atoms with Crippen LogP contribution in [0.5, 0.6) is 0 Å². The molecule has 1 aromatic rings. The third kappa shape index (κ3) is 2.57. The van der Waals surface area contributed by atoms with Crippen molar-refractivity contribution >= 4 is 11.7 Å². The van der Waals surface area contributed by atoms with Crippen molar-refractivity contribution in [2.45, 2.75) is 50.9 Å². The van der Waals surface area contributed by atoms with E-state index in [1.165, 1.54) is 30.5 Å². The van der Waals surface area contributed by atoms with Crippen molar-refractivity contribution in [1.82, 2.24) is 14.9 Å². The lowest BCUT2D eigenvalue weighted by molar-refractivity contribution is -0.128. The zero-order valence-electron chi connectivity index (χ0n) is 13.3. The molecule has 0 bridgehead atoms. The van der Waals surface area contributed by atoms with Gasteiger partial charge in [0.1, 0.15) is 11.6 Å². The van der Waals surface area contributed by atoms with Gasteiger partial charge in [0.25, 0.3) is 0 Å². The molecule has 2 heterocycles. The Hall–Kier alpha value is -1.65. The van der Waals surface area contributed by atoms with Crippen LogP contribution in [0.15, 0.2) is 0 Å². The monoisotopic (exact) mass is 300 g/mol. The summed E-state index contributed by atoms with van der Waals surface area (Å²) in [6, 6.07) is 0. The fourth-order valence-corrected chi connectivity index (χ4v) is 3.62. The van der Waals surface area contributed by atoms with Gasteiger partial charge in [-0.2, -0.15) is 0 Å². The number of nitrogens with zero attached hydrogens (tertiary/aromatic N) is 4. The first-order chi connectivity index (χ1) is 10.7. The lowest BCUT2D eigenvalue weighted by Gasteiger charge is -2.24. The normalized spacial score (nSPS) is 20.3. The van der Waals surface area contributed by atoms with Crippen LogP contribution in [0.25, 0.3) is 0 Å². The highest BCUT2D eigenvalue weighted by Gasteiger charge is 2.31. The number of carbonyl (C=O) groups is 1. The summed E-state index contributed by atoms with van der Waals surface area (Å²) >= 11 is 0. The second kappa shape index (κ2) is 5.52. The lowest BCUT2D eigenvalue weighted by Crippen LogP contribution is -2.38. The summed E-state index contributed by atoms with van der Waals surface area (Å²) in [5.74, 6) is 2.82. The van der Waals surface area contributed by atoms with Crippen LogP contribution in [0.4, 0.5) is 5.82 Å². The first-order valence-corrected chi connectivity index (χ1v) is 8.61. The fourth-order valence-electron chi connectivity index (χ4n) is 3.62. The molecule has 22 heavy (non-hydrogen) atoms. The molecule has 1 amide bonds. The van der Waals surface area contributed by atoms with Crippen molar-refractivity contribution in [2.24, 2.45) is 0 Å². The second-order valence-electron chi connectivity index (χ2n) is 6.90. The van der Waals surface area contributed by atoms with Crippen LogP contribution >= 0.6 is 0 Å². The summed E-state index contributed by atoms with van der Waals surface area (Å²) in [6.07, 6.45) is 8.01. The number of hydrogen-bond acceptors (Lipinski definition) is 4. The topological polar surface area (TPSA) is 49.3 Å². The molecule has 0 unspecified atom stereocenters. The number of rotatable bonds is 4. The number of aromatic nitrogens is 2. The molecule has 118 valence electrons. The minimum absolute atomic E-state index is 0.235. The maximum absolute atomic E-state index is 12.4. The van der Waals surface area contributed by atoms with Crippen LogP contribution in [0.1, 0.15) is 55.1 Å². The summed E-state index contributed by atoms with van der Waals surface area (Å²) in [7, 11) is 2.01. The predicted octanol–water partition coefficient (Wildman–Crippen LogP) is 1.90. The van der Waals surface area contributed by atoms with E-state index in [0.717, 1.165) is 50.4 Å².